The number of nitrogens with zero attached hydrogens (tertiary/aromatic N) is 1. The van der Waals surface area contributed by atoms with E-state index in [9.17, 15) is 4.79 Å². The summed E-state index contributed by atoms with van der Waals surface area (Å²) in [5.41, 5.74) is 0.325. The minimum absolute atomic E-state index is 0. The van der Waals surface area contributed by atoms with Gasteiger partial charge >= 0.3 is 0 Å². The van der Waals surface area contributed by atoms with Gasteiger partial charge in [-0.3, -0.25) is 4.79 Å². The average molecular weight is 191 g/mol. The summed E-state index contributed by atoms with van der Waals surface area (Å²) in [7, 11) is 0. The van der Waals surface area contributed by atoms with Crippen molar-refractivity contribution in [1.82, 2.24) is 10.2 Å². The summed E-state index contributed by atoms with van der Waals surface area (Å²) in [5.74, 6) is 0.218. The third-order valence-corrected chi connectivity index (χ3v) is 2.90. The zero-order valence-electron chi connectivity index (χ0n) is 7.30. The molecular formula is C8H15ClN2O. The van der Waals surface area contributed by atoms with Crippen LogP contribution in [0.3, 0.4) is 0 Å². The van der Waals surface area contributed by atoms with Gasteiger partial charge in [-0.1, -0.05) is 0 Å². The molecule has 2 fully saturated rings. The standard InChI is InChI=1S/C8H14N2O.ClH/c1-7(11)10-5-3-8(6-10)2-4-9-8;/h9H,2-6H2,1H3;1H. The van der Waals surface area contributed by atoms with Crippen molar-refractivity contribution in [2.24, 2.45) is 0 Å². The molecule has 3 nitrogen and oxygen atoms in total. The van der Waals surface area contributed by atoms with E-state index in [1.165, 1.54) is 6.42 Å². The first-order chi connectivity index (χ1) is 5.22. The van der Waals surface area contributed by atoms with Gasteiger partial charge in [0.15, 0.2) is 0 Å². The first kappa shape index (κ1) is 9.81. The van der Waals surface area contributed by atoms with Crippen LogP contribution in [-0.2, 0) is 4.79 Å². The lowest BCUT2D eigenvalue weighted by atomic mass is 9.87. The second-order valence-corrected chi connectivity index (χ2v) is 3.65. The Hall–Kier alpha value is -0.280. The molecule has 2 rings (SSSR count). The van der Waals surface area contributed by atoms with Gasteiger partial charge in [0.2, 0.25) is 5.91 Å². The van der Waals surface area contributed by atoms with Crippen molar-refractivity contribution in [1.29, 1.82) is 0 Å². The highest BCUT2D eigenvalue weighted by molar-refractivity contribution is 5.85. The molecule has 0 aromatic carbocycles. The molecule has 2 saturated heterocycles. The molecule has 1 unspecified atom stereocenters. The van der Waals surface area contributed by atoms with Gasteiger partial charge in [-0.25, -0.2) is 0 Å². The molecular weight excluding hydrogens is 176 g/mol. The van der Waals surface area contributed by atoms with Crippen LogP contribution in [-0.4, -0.2) is 36.0 Å². The van der Waals surface area contributed by atoms with Crippen LogP contribution in [0.2, 0.25) is 0 Å². The molecule has 70 valence electrons. The van der Waals surface area contributed by atoms with Gasteiger partial charge in [0, 0.05) is 25.6 Å². The molecule has 2 heterocycles. The van der Waals surface area contributed by atoms with Crippen LogP contribution in [0.15, 0.2) is 0 Å². The predicted molar refractivity (Wildman–Crippen MR) is 49.5 cm³/mol. The van der Waals surface area contributed by atoms with Gasteiger partial charge in [0.1, 0.15) is 0 Å². The lowest BCUT2D eigenvalue weighted by Gasteiger charge is -2.39. The summed E-state index contributed by atoms with van der Waals surface area (Å²) in [6.07, 6.45) is 2.39. The number of hydrogen-bond acceptors (Lipinski definition) is 2. The van der Waals surface area contributed by atoms with Gasteiger partial charge < -0.3 is 10.2 Å². The molecule has 0 saturated carbocycles. The van der Waals surface area contributed by atoms with Crippen LogP contribution in [0.1, 0.15) is 19.8 Å². The predicted octanol–water partition coefficient (Wildman–Crippen LogP) is 0.393. The lowest BCUT2D eigenvalue weighted by Crippen LogP contribution is -2.58. The van der Waals surface area contributed by atoms with Crippen molar-refractivity contribution < 1.29 is 4.79 Å². The molecule has 0 radical (unpaired) electrons. The fraction of sp³-hybridized carbons (Fsp3) is 0.875. The summed E-state index contributed by atoms with van der Waals surface area (Å²) in [4.78, 5) is 12.9. The van der Waals surface area contributed by atoms with E-state index in [2.05, 4.69) is 5.32 Å². The smallest absolute Gasteiger partial charge is 0.219 e. The zero-order chi connectivity index (χ0) is 7.90. The van der Waals surface area contributed by atoms with Crippen molar-refractivity contribution in [2.75, 3.05) is 19.6 Å². The van der Waals surface area contributed by atoms with Gasteiger partial charge in [-0.2, -0.15) is 0 Å². The Morgan fingerprint density at radius 2 is 2.17 bits per heavy atom. The van der Waals surface area contributed by atoms with Crippen LogP contribution in [0, 0.1) is 0 Å². The van der Waals surface area contributed by atoms with E-state index in [0.29, 0.717) is 5.54 Å². The summed E-state index contributed by atoms with van der Waals surface area (Å²) < 4.78 is 0. The molecule has 0 aromatic heterocycles. The number of hydrogen-bond donors (Lipinski definition) is 1. The summed E-state index contributed by atoms with van der Waals surface area (Å²) >= 11 is 0. The Morgan fingerprint density at radius 1 is 1.50 bits per heavy atom. The molecule has 1 amide bonds. The Bertz CT molecular complexity index is 191. The van der Waals surface area contributed by atoms with Crippen LogP contribution in [0.5, 0.6) is 0 Å². The topological polar surface area (TPSA) is 32.3 Å². The normalized spacial score (nSPS) is 32.9. The number of carbonyl (C=O) groups is 1. The largest absolute Gasteiger partial charge is 0.341 e. The molecule has 1 spiro atoms. The van der Waals surface area contributed by atoms with Gasteiger partial charge in [-0.15, -0.1) is 12.4 Å². The highest BCUT2D eigenvalue weighted by Gasteiger charge is 2.43. The van der Waals surface area contributed by atoms with Crippen molar-refractivity contribution in [3.8, 4) is 0 Å². The van der Waals surface area contributed by atoms with Crippen LogP contribution in [0.25, 0.3) is 0 Å². The van der Waals surface area contributed by atoms with Gasteiger partial charge in [-0.05, 0) is 19.4 Å². The minimum Gasteiger partial charge on any atom is -0.341 e. The van der Waals surface area contributed by atoms with E-state index in [0.717, 1.165) is 26.1 Å². The quantitative estimate of drug-likeness (QED) is 0.600. The third-order valence-electron chi connectivity index (χ3n) is 2.90. The first-order valence-corrected chi connectivity index (χ1v) is 4.22. The van der Waals surface area contributed by atoms with E-state index in [1.807, 2.05) is 4.90 Å². The average Bonchev–Trinajstić information content (AvgIpc) is 2.28. The maximum atomic E-state index is 11.0. The molecule has 1 atom stereocenters. The van der Waals surface area contributed by atoms with Gasteiger partial charge in [0.05, 0.1) is 0 Å². The summed E-state index contributed by atoms with van der Waals surface area (Å²) in [6, 6.07) is 0. The fourth-order valence-electron chi connectivity index (χ4n) is 1.97. The lowest BCUT2D eigenvalue weighted by molar-refractivity contribution is -0.128. The summed E-state index contributed by atoms with van der Waals surface area (Å²) in [5, 5.41) is 3.41. The molecule has 2 aliphatic rings. The van der Waals surface area contributed by atoms with Crippen LogP contribution < -0.4 is 5.32 Å². The Labute approximate surface area is 78.9 Å². The Morgan fingerprint density at radius 3 is 2.42 bits per heavy atom. The number of nitrogens with one attached hydrogen (secondary N) is 1. The third kappa shape index (κ3) is 1.43. The molecule has 2 aliphatic heterocycles. The molecule has 4 heteroatoms. The number of halogens is 1. The molecule has 0 aromatic rings. The van der Waals surface area contributed by atoms with E-state index in [-0.39, 0.29) is 18.3 Å². The monoisotopic (exact) mass is 190 g/mol. The van der Waals surface area contributed by atoms with Gasteiger partial charge in [0.25, 0.3) is 0 Å². The fourth-order valence-corrected chi connectivity index (χ4v) is 1.97. The maximum absolute atomic E-state index is 11.0. The highest BCUT2D eigenvalue weighted by atomic mass is 35.5. The van der Waals surface area contributed by atoms with Crippen molar-refractivity contribution in [3.05, 3.63) is 0 Å². The number of amides is 1. The summed E-state index contributed by atoms with van der Waals surface area (Å²) in [6.45, 7) is 4.66. The van der Waals surface area contributed by atoms with Crippen LogP contribution in [0.4, 0.5) is 0 Å². The van der Waals surface area contributed by atoms with E-state index >= 15 is 0 Å². The van der Waals surface area contributed by atoms with Crippen LogP contribution >= 0.6 is 12.4 Å². The van der Waals surface area contributed by atoms with E-state index in [4.69, 9.17) is 0 Å². The Kier molecular flexibility index (Phi) is 2.64. The highest BCUT2D eigenvalue weighted by Crippen LogP contribution is 2.29. The molecule has 0 bridgehead atoms. The first-order valence-electron chi connectivity index (χ1n) is 4.22. The second kappa shape index (κ2) is 3.23. The molecule has 1 N–H and O–H groups in total. The van der Waals surface area contributed by atoms with Crippen molar-refractivity contribution in [3.63, 3.8) is 0 Å². The maximum Gasteiger partial charge on any atom is 0.219 e. The zero-order valence-corrected chi connectivity index (χ0v) is 8.12. The SMILES string of the molecule is CC(=O)N1CCC2(CCN2)C1.Cl. The second-order valence-electron chi connectivity index (χ2n) is 3.65. The Balaban J connectivity index is 0.000000720. The molecule has 12 heavy (non-hydrogen) atoms. The minimum atomic E-state index is 0. The van der Waals surface area contributed by atoms with E-state index < -0.39 is 0 Å². The number of carbonyl (C=O) groups excluding carboxylic acids is 1. The number of likely N-dealkylation sites (tertiary alicyclic amines) is 1. The number of rotatable bonds is 0. The molecule has 0 aliphatic carbocycles. The van der Waals surface area contributed by atoms with Crippen molar-refractivity contribution >= 4 is 18.3 Å². The van der Waals surface area contributed by atoms with E-state index in [1.54, 1.807) is 6.92 Å². The van der Waals surface area contributed by atoms with Crippen molar-refractivity contribution in [2.45, 2.75) is 25.3 Å².